The Morgan fingerprint density at radius 3 is 2.56 bits per heavy atom. The van der Waals surface area contributed by atoms with Crippen LogP contribution in [0.1, 0.15) is 11.1 Å². The number of ether oxygens (including phenoxy) is 2. The van der Waals surface area contributed by atoms with E-state index in [9.17, 15) is 13.2 Å². The van der Waals surface area contributed by atoms with Gasteiger partial charge < -0.3 is 10.1 Å². The van der Waals surface area contributed by atoms with Crippen molar-refractivity contribution >= 4 is 0 Å². The summed E-state index contributed by atoms with van der Waals surface area (Å²) in [4.78, 5) is 0. The van der Waals surface area contributed by atoms with E-state index in [0.29, 0.717) is 12.3 Å². The fraction of sp³-hybridized carbons (Fsp3) is 0.500. The molecule has 18 heavy (non-hydrogen) atoms. The second-order valence-electron chi connectivity index (χ2n) is 3.74. The third-order valence-corrected chi connectivity index (χ3v) is 2.26. The molecule has 0 aliphatic heterocycles. The summed E-state index contributed by atoms with van der Waals surface area (Å²) >= 11 is 0. The first kappa shape index (κ1) is 14.8. The minimum Gasteiger partial charge on any atom is -0.491 e. The van der Waals surface area contributed by atoms with E-state index < -0.39 is 13.0 Å². The van der Waals surface area contributed by atoms with Crippen molar-refractivity contribution in [3.8, 4) is 5.75 Å². The van der Waals surface area contributed by atoms with Crippen molar-refractivity contribution in [2.45, 2.75) is 19.8 Å². The minimum absolute atomic E-state index is 0.138. The average Bonchev–Trinajstić information content (AvgIpc) is 2.26. The lowest BCUT2D eigenvalue weighted by molar-refractivity contribution is -0.325. The number of hydrogen-bond acceptors (Lipinski definition) is 3. The molecular formula is C12H16F3NO2. The van der Waals surface area contributed by atoms with Crippen LogP contribution < -0.4 is 10.1 Å². The summed E-state index contributed by atoms with van der Waals surface area (Å²) in [5.41, 5.74) is 1.79. The molecule has 102 valence electrons. The zero-order valence-corrected chi connectivity index (χ0v) is 10.3. The zero-order chi connectivity index (χ0) is 13.6. The van der Waals surface area contributed by atoms with E-state index in [-0.39, 0.29) is 6.61 Å². The lowest BCUT2D eigenvalue weighted by atomic mass is 10.1. The van der Waals surface area contributed by atoms with Gasteiger partial charge in [-0.15, -0.1) is 13.2 Å². The molecule has 1 aromatic carbocycles. The van der Waals surface area contributed by atoms with Gasteiger partial charge in [0.15, 0.2) is 0 Å². The van der Waals surface area contributed by atoms with Gasteiger partial charge in [-0.2, -0.15) is 0 Å². The van der Waals surface area contributed by atoms with Gasteiger partial charge in [0, 0.05) is 12.1 Å². The standard InChI is InChI=1S/C12H16F3NO2/c1-9-4-3-5-10(8-16-2)11(9)17-6-7-18-12(13,14)15/h3-5,16H,6-8H2,1-2H3. The molecule has 1 aromatic rings. The lowest BCUT2D eigenvalue weighted by Gasteiger charge is -2.14. The van der Waals surface area contributed by atoms with E-state index in [0.717, 1.165) is 11.1 Å². The number of para-hydroxylation sites is 1. The summed E-state index contributed by atoms with van der Waals surface area (Å²) in [6.45, 7) is 1.79. The minimum atomic E-state index is -4.61. The van der Waals surface area contributed by atoms with E-state index >= 15 is 0 Å². The monoisotopic (exact) mass is 263 g/mol. The molecule has 0 atom stereocenters. The number of benzene rings is 1. The van der Waals surface area contributed by atoms with Crippen molar-refractivity contribution in [1.82, 2.24) is 5.32 Å². The van der Waals surface area contributed by atoms with Crippen LogP contribution in [0.4, 0.5) is 13.2 Å². The Balaban J connectivity index is 2.55. The summed E-state index contributed by atoms with van der Waals surface area (Å²) < 4.78 is 44.3. The molecule has 6 heteroatoms. The first-order valence-electron chi connectivity index (χ1n) is 5.50. The Hall–Kier alpha value is -1.27. The fourth-order valence-corrected chi connectivity index (χ4v) is 1.55. The molecule has 0 heterocycles. The third kappa shape index (κ3) is 4.93. The van der Waals surface area contributed by atoms with Crippen LogP contribution in [0.15, 0.2) is 18.2 Å². The van der Waals surface area contributed by atoms with Crippen molar-refractivity contribution < 1.29 is 22.6 Å². The predicted octanol–water partition coefficient (Wildman–Crippen LogP) is 2.63. The maximum Gasteiger partial charge on any atom is 0.522 e. The molecule has 0 saturated carbocycles. The van der Waals surface area contributed by atoms with Gasteiger partial charge in [0.2, 0.25) is 0 Å². The van der Waals surface area contributed by atoms with Crippen LogP contribution in [-0.4, -0.2) is 26.6 Å². The molecule has 0 fully saturated rings. The fourth-order valence-electron chi connectivity index (χ4n) is 1.55. The number of hydrogen-bond donors (Lipinski definition) is 1. The van der Waals surface area contributed by atoms with E-state index in [2.05, 4.69) is 10.1 Å². The Labute approximate surface area is 104 Å². The smallest absolute Gasteiger partial charge is 0.491 e. The zero-order valence-electron chi connectivity index (χ0n) is 10.3. The van der Waals surface area contributed by atoms with E-state index in [1.807, 2.05) is 25.1 Å². The average molecular weight is 263 g/mol. The Kier molecular flexibility index (Phi) is 5.43. The normalized spacial score (nSPS) is 11.6. The second-order valence-corrected chi connectivity index (χ2v) is 3.74. The lowest BCUT2D eigenvalue weighted by Crippen LogP contribution is -2.19. The molecular weight excluding hydrogens is 247 g/mol. The number of aryl methyl sites for hydroxylation is 1. The highest BCUT2D eigenvalue weighted by molar-refractivity contribution is 5.40. The number of alkyl halides is 3. The molecule has 0 bridgehead atoms. The second kappa shape index (κ2) is 6.61. The number of nitrogens with one attached hydrogen (secondary N) is 1. The molecule has 0 amide bonds. The predicted molar refractivity (Wildman–Crippen MR) is 61.4 cm³/mol. The first-order valence-corrected chi connectivity index (χ1v) is 5.50. The van der Waals surface area contributed by atoms with E-state index in [1.54, 1.807) is 7.05 Å². The van der Waals surface area contributed by atoms with Crippen LogP contribution in [0.25, 0.3) is 0 Å². The van der Waals surface area contributed by atoms with Crippen LogP contribution in [0.3, 0.4) is 0 Å². The summed E-state index contributed by atoms with van der Waals surface area (Å²) in [5, 5.41) is 2.98. The molecule has 0 aliphatic carbocycles. The van der Waals surface area contributed by atoms with Crippen molar-refractivity contribution in [2.75, 3.05) is 20.3 Å². The van der Waals surface area contributed by atoms with Gasteiger partial charge in [0.1, 0.15) is 12.4 Å². The summed E-state index contributed by atoms with van der Waals surface area (Å²) in [7, 11) is 1.79. The van der Waals surface area contributed by atoms with Crippen molar-refractivity contribution in [3.63, 3.8) is 0 Å². The summed E-state index contributed by atoms with van der Waals surface area (Å²) in [5.74, 6) is 0.609. The van der Waals surface area contributed by atoms with Gasteiger partial charge in [-0.1, -0.05) is 18.2 Å². The van der Waals surface area contributed by atoms with Gasteiger partial charge in [0.25, 0.3) is 0 Å². The van der Waals surface area contributed by atoms with Crippen LogP contribution in [-0.2, 0) is 11.3 Å². The van der Waals surface area contributed by atoms with E-state index in [4.69, 9.17) is 4.74 Å². The van der Waals surface area contributed by atoms with Gasteiger partial charge in [-0.3, -0.25) is 4.74 Å². The molecule has 1 N–H and O–H groups in total. The largest absolute Gasteiger partial charge is 0.522 e. The highest BCUT2D eigenvalue weighted by Crippen LogP contribution is 2.23. The Morgan fingerprint density at radius 1 is 1.22 bits per heavy atom. The molecule has 0 saturated heterocycles. The molecule has 1 rings (SSSR count). The number of rotatable bonds is 6. The first-order chi connectivity index (χ1) is 8.44. The summed E-state index contributed by atoms with van der Waals surface area (Å²) in [6, 6.07) is 5.59. The molecule has 0 radical (unpaired) electrons. The quantitative estimate of drug-likeness (QED) is 0.800. The highest BCUT2D eigenvalue weighted by atomic mass is 19.4. The van der Waals surface area contributed by atoms with Crippen molar-refractivity contribution in [2.24, 2.45) is 0 Å². The molecule has 3 nitrogen and oxygen atoms in total. The molecule has 0 unspecified atom stereocenters. The Bertz CT molecular complexity index is 380. The number of halogens is 3. The Morgan fingerprint density at radius 2 is 1.94 bits per heavy atom. The van der Waals surface area contributed by atoms with Crippen LogP contribution >= 0.6 is 0 Å². The van der Waals surface area contributed by atoms with Crippen molar-refractivity contribution in [3.05, 3.63) is 29.3 Å². The van der Waals surface area contributed by atoms with Crippen LogP contribution in [0.5, 0.6) is 5.75 Å². The molecule has 0 spiro atoms. The van der Waals surface area contributed by atoms with Crippen molar-refractivity contribution in [1.29, 1.82) is 0 Å². The van der Waals surface area contributed by atoms with Crippen LogP contribution in [0, 0.1) is 6.92 Å². The highest BCUT2D eigenvalue weighted by Gasteiger charge is 2.28. The molecule has 0 aromatic heterocycles. The van der Waals surface area contributed by atoms with Gasteiger partial charge >= 0.3 is 6.36 Å². The van der Waals surface area contributed by atoms with Gasteiger partial charge in [-0.05, 0) is 19.5 Å². The maximum atomic E-state index is 11.8. The summed E-state index contributed by atoms with van der Waals surface area (Å²) in [6.07, 6.45) is -4.61. The molecule has 0 aliphatic rings. The van der Waals surface area contributed by atoms with Gasteiger partial charge in [-0.25, -0.2) is 0 Å². The topological polar surface area (TPSA) is 30.5 Å². The SMILES string of the molecule is CNCc1cccc(C)c1OCCOC(F)(F)F. The maximum absolute atomic E-state index is 11.8. The van der Waals surface area contributed by atoms with E-state index in [1.165, 1.54) is 0 Å². The third-order valence-electron chi connectivity index (χ3n) is 2.26. The van der Waals surface area contributed by atoms with Crippen LogP contribution in [0.2, 0.25) is 0 Å². The van der Waals surface area contributed by atoms with Gasteiger partial charge in [0.05, 0.1) is 6.61 Å².